The minimum absolute atomic E-state index is 0.0957. The molecule has 21 heavy (non-hydrogen) atoms. The molecule has 4 nitrogen and oxygen atoms in total. The van der Waals surface area contributed by atoms with Gasteiger partial charge in [-0.1, -0.05) is 23.7 Å². The highest BCUT2D eigenvalue weighted by molar-refractivity contribution is 7.99. The number of nitrogens with zero attached hydrogens (tertiary/aromatic N) is 1. The first-order valence-corrected chi connectivity index (χ1v) is 9.19. The number of thioether (sulfide) groups is 2. The van der Waals surface area contributed by atoms with Crippen molar-refractivity contribution in [3.63, 3.8) is 0 Å². The number of halogens is 1. The van der Waals surface area contributed by atoms with Crippen molar-refractivity contribution >= 4 is 47.0 Å². The van der Waals surface area contributed by atoms with Crippen molar-refractivity contribution in [3.8, 4) is 0 Å². The zero-order valence-electron chi connectivity index (χ0n) is 11.3. The molecule has 1 heterocycles. The maximum Gasteiger partial charge on any atom is 0.327 e. The molecule has 7 heteroatoms. The van der Waals surface area contributed by atoms with Gasteiger partial charge in [-0.3, -0.25) is 4.79 Å². The lowest BCUT2D eigenvalue weighted by molar-refractivity contribution is -0.148. The van der Waals surface area contributed by atoms with Crippen LogP contribution in [0.1, 0.15) is 5.56 Å². The predicted octanol–water partition coefficient (Wildman–Crippen LogP) is 2.60. The topological polar surface area (TPSA) is 57.6 Å². The van der Waals surface area contributed by atoms with Gasteiger partial charge in [0.25, 0.3) is 0 Å². The Morgan fingerprint density at radius 2 is 2.10 bits per heavy atom. The molecule has 114 valence electrons. The summed E-state index contributed by atoms with van der Waals surface area (Å²) in [6.07, 6.45) is 0. The molecule has 1 aromatic carbocycles. The summed E-state index contributed by atoms with van der Waals surface area (Å²) in [5.74, 6) is 1.28. The van der Waals surface area contributed by atoms with Gasteiger partial charge in [0.05, 0.1) is 5.75 Å². The SMILES string of the molecule is O=C(O)C1CSCCN1C(=O)CSCc1ccc(Cl)cc1. The molecule has 1 fully saturated rings. The van der Waals surface area contributed by atoms with Gasteiger partial charge >= 0.3 is 5.97 Å². The standard InChI is InChI=1S/C14H16ClNO3S2/c15-11-3-1-10(2-4-11)7-21-9-13(17)16-5-6-20-8-12(16)14(18)19/h1-4,12H,5-9H2,(H,18,19). The highest BCUT2D eigenvalue weighted by Crippen LogP contribution is 2.20. The Hall–Kier alpha value is -0.850. The Labute approximate surface area is 137 Å². The molecule has 1 aliphatic rings. The first kappa shape index (κ1) is 16.5. The van der Waals surface area contributed by atoms with Gasteiger partial charge in [-0.2, -0.15) is 11.8 Å². The number of carbonyl (C=O) groups is 2. The molecule has 1 unspecified atom stereocenters. The van der Waals surface area contributed by atoms with Crippen molar-refractivity contribution in [2.24, 2.45) is 0 Å². The van der Waals surface area contributed by atoms with E-state index in [1.807, 2.05) is 24.3 Å². The van der Waals surface area contributed by atoms with Crippen molar-refractivity contribution in [1.29, 1.82) is 0 Å². The number of rotatable bonds is 5. The number of aliphatic carboxylic acids is 1. The van der Waals surface area contributed by atoms with Gasteiger partial charge in [0.15, 0.2) is 0 Å². The maximum atomic E-state index is 12.2. The van der Waals surface area contributed by atoms with E-state index in [-0.39, 0.29) is 5.91 Å². The largest absolute Gasteiger partial charge is 0.480 e. The van der Waals surface area contributed by atoms with E-state index in [0.717, 1.165) is 11.3 Å². The summed E-state index contributed by atoms with van der Waals surface area (Å²) in [6, 6.07) is 6.81. The van der Waals surface area contributed by atoms with E-state index < -0.39 is 12.0 Å². The molecule has 1 N–H and O–H groups in total. The quantitative estimate of drug-likeness (QED) is 0.889. The number of benzene rings is 1. The Kier molecular flexibility index (Phi) is 6.26. The van der Waals surface area contributed by atoms with Crippen LogP contribution in [0.2, 0.25) is 5.02 Å². The first-order chi connectivity index (χ1) is 10.1. The molecule has 0 bridgehead atoms. The zero-order chi connectivity index (χ0) is 15.2. The van der Waals surface area contributed by atoms with Gasteiger partial charge in [-0.15, -0.1) is 11.8 Å². The smallest absolute Gasteiger partial charge is 0.327 e. The number of carboxylic acids is 1. The Morgan fingerprint density at radius 1 is 1.38 bits per heavy atom. The lowest BCUT2D eigenvalue weighted by Gasteiger charge is -2.32. The van der Waals surface area contributed by atoms with E-state index in [2.05, 4.69) is 0 Å². The summed E-state index contributed by atoms with van der Waals surface area (Å²) >= 11 is 8.89. The molecule has 1 aliphatic heterocycles. The van der Waals surface area contributed by atoms with Gasteiger partial charge in [0.2, 0.25) is 5.91 Å². The normalized spacial score (nSPS) is 18.5. The summed E-state index contributed by atoms with van der Waals surface area (Å²) in [4.78, 5) is 24.8. The average molecular weight is 346 g/mol. The second-order valence-electron chi connectivity index (χ2n) is 4.64. The van der Waals surface area contributed by atoms with E-state index in [4.69, 9.17) is 16.7 Å². The third kappa shape index (κ3) is 4.83. The molecule has 1 atom stereocenters. The Bertz CT molecular complexity index is 509. The van der Waals surface area contributed by atoms with Crippen LogP contribution in [-0.4, -0.2) is 51.7 Å². The van der Waals surface area contributed by atoms with Crippen molar-refractivity contribution in [2.75, 3.05) is 23.8 Å². The molecular formula is C14H16ClNO3S2. The lowest BCUT2D eigenvalue weighted by atomic mass is 10.2. The summed E-state index contributed by atoms with van der Waals surface area (Å²) in [6.45, 7) is 0.516. The predicted molar refractivity (Wildman–Crippen MR) is 88.1 cm³/mol. The summed E-state index contributed by atoms with van der Waals surface area (Å²) in [5.41, 5.74) is 1.10. The van der Waals surface area contributed by atoms with E-state index in [1.54, 1.807) is 11.8 Å². The molecule has 1 amide bonds. The minimum atomic E-state index is -0.918. The van der Waals surface area contributed by atoms with Crippen LogP contribution in [0.5, 0.6) is 0 Å². The van der Waals surface area contributed by atoms with E-state index in [0.29, 0.717) is 28.8 Å². The fourth-order valence-corrected chi connectivity index (χ4v) is 4.06. The number of hydrogen-bond donors (Lipinski definition) is 1. The zero-order valence-corrected chi connectivity index (χ0v) is 13.7. The van der Waals surface area contributed by atoms with Gasteiger partial charge < -0.3 is 10.0 Å². The summed E-state index contributed by atoms with van der Waals surface area (Å²) in [7, 11) is 0. The Morgan fingerprint density at radius 3 is 2.76 bits per heavy atom. The van der Waals surface area contributed by atoms with E-state index in [1.165, 1.54) is 16.7 Å². The van der Waals surface area contributed by atoms with Crippen LogP contribution in [0.3, 0.4) is 0 Å². The first-order valence-electron chi connectivity index (χ1n) is 6.50. The van der Waals surface area contributed by atoms with Gasteiger partial charge in [-0.05, 0) is 17.7 Å². The van der Waals surface area contributed by atoms with Crippen LogP contribution in [0.25, 0.3) is 0 Å². The van der Waals surface area contributed by atoms with Crippen molar-refractivity contribution in [1.82, 2.24) is 4.90 Å². The van der Waals surface area contributed by atoms with Gasteiger partial charge in [0.1, 0.15) is 6.04 Å². The number of amides is 1. The van der Waals surface area contributed by atoms with Crippen LogP contribution in [0.15, 0.2) is 24.3 Å². The fraction of sp³-hybridized carbons (Fsp3) is 0.429. The highest BCUT2D eigenvalue weighted by Gasteiger charge is 2.31. The summed E-state index contributed by atoms with van der Waals surface area (Å²) in [5, 5.41) is 9.85. The number of hydrogen-bond acceptors (Lipinski definition) is 4. The third-order valence-corrected chi connectivity index (χ3v) is 5.40. The van der Waals surface area contributed by atoms with Crippen molar-refractivity contribution in [3.05, 3.63) is 34.9 Å². The second-order valence-corrected chi connectivity index (χ2v) is 7.21. The highest BCUT2D eigenvalue weighted by atomic mass is 35.5. The van der Waals surface area contributed by atoms with Crippen molar-refractivity contribution in [2.45, 2.75) is 11.8 Å². The fourth-order valence-electron chi connectivity index (χ4n) is 2.03. The molecule has 0 radical (unpaired) electrons. The monoisotopic (exact) mass is 345 g/mol. The lowest BCUT2D eigenvalue weighted by Crippen LogP contribution is -2.50. The summed E-state index contributed by atoms with van der Waals surface area (Å²) < 4.78 is 0. The molecule has 1 aromatic rings. The van der Waals surface area contributed by atoms with Crippen molar-refractivity contribution < 1.29 is 14.7 Å². The van der Waals surface area contributed by atoms with E-state index in [9.17, 15) is 9.59 Å². The molecule has 2 rings (SSSR count). The van der Waals surface area contributed by atoms with Gasteiger partial charge in [-0.25, -0.2) is 4.79 Å². The third-order valence-electron chi connectivity index (χ3n) is 3.14. The molecular weight excluding hydrogens is 330 g/mol. The van der Waals surface area contributed by atoms with Crippen LogP contribution in [-0.2, 0) is 15.3 Å². The number of carbonyl (C=O) groups excluding carboxylic acids is 1. The maximum absolute atomic E-state index is 12.2. The van der Waals surface area contributed by atoms with Crippen LogP contribution < -0.4 is 0 Å². The Balaban J connectivity index is 1.83. The second kappa shape index (κ2) is 7.96. The molecule has 0 aliphatic carbocycles. The molecule has 0 aromatic heterocycles. The number of carboxylic acid groups (broad SMARTS) is 1. The van der Waals surface area contributed by atoms with Crippen LogP contribution >= 0.6 is 35.1 Å². The molecule has 0 spiro atoms. The molecule has 0 saturated carbocycles. The van der Waals surface area contributed by atoms with Gasteiger partial charge in [0, 0.05) is 28.8 Å². The molecule has 1 saturated heterocycles. The van der Waals surface area contributed by atoms with E-state index >= 15 is 0 Å². The minimum Gasteiger partial charge on any atom is -0.480 e. The average Bonchev–Trinajstić information content (AvgIpc) is 2.49. The van der Waals surface area contributed by atoms with Crippen LogP contribution in [0, 0.1) is 0 Å². The van der Waals surface area contributed by atoms with Crippen LogP contribution in [0.4, 0.5) is 0 Å².